The molecule has 0 spiro atoms. The quantitative estimate of drug-likeness (QED) is 0.751. The van der Waals surface area contributed by atoms with Gasteiger partial charge in [-0.25, -0.2) is 9.97 Å². The van der Waals surface area contributed by atoms with Gasteiger partial charge < -0.3 is 10.6 Å². The number of rotatable bonds is 5. The van der Waals surface area contributed by atoms with Crippen LogP contribution in [-0.2, 0) is 6.42 Å². The first kappa shape index (κ1) is 10.8. The maximum absolute atomic E-state index is 4.36. The molecule has 1 rings (SSSR count). The van der Waals surface area contributed by atoms with Crippen molar-refractivity contribution in [2.24, 2.45) is 0 Å². The normalized spacial score (nSPS) is 9.93. The number of aryl methyl sites for hydroxylation is 1. The highest BCUT2D eigenvalue weighted by Gasteiger charge is 2.01. The number of anilines is 2. The van der Waals surface area contributed by atoms with Crippen molar-refractivity contribution in [3.63, 3.8) is 0 Å². The SMILES string of the molecule is CCNc1cc(NCC)nc(CC)n1. The highest BCUT2D eigenvalue weighted by molar-refractivity contribution is 5.47. The molecule has 0 radical (unpaired) electrons. The van der Waals surface area contributed by atoms with Crippen LogP contribution < -0.4 is 10.6 Å². The molecule has 1 heterocycles. The van der Waals surface area contributed by atoms with Crippen LogP contribution in [-0.4, -0.2) is 23.1 Å². The molecule has 0 aliphatic rings. The molecule has 0 aliphatic heterocycles. The molecule has 0 aliphatic carbocycles. The average Bonchev–Trinajstić information content (AvgIpc) is 2.18. The van der Waals surface area contributed by atoms with Gasteiger partial charge >= 0.3 is 0 Å². The molecule has 0 saturated heterocycles. The topological polar surface area (TPSA) is 49.8 Å². The summed E-state index contributed by atoms with van der Waals surface area (Å²) in [6, 6.07) is 1.94. The molecule has 4 nitrogen and oxygen atoms in total. The zero-order valence-electron chi connectivity index (χ0n) is 9.09. The minimum absolute atomic E-state index is 0.859. The van der Waals surface area contributed by atoms with Crippen LogP contribution in [0.15, 0.2) is 6.07 Å². The van der Waals surface area contributed by atoms with Gasteiger partial charge in [-0.1, -0.05) is 6.92 Å². The zero-order valence-corrected chi connectivity index (χ0v) is 9.09. The second-order valence-corrected chi connectivity index (χ2v) is 2.97. The molecule has 0 saturated carbocycles. The molecule has 78 valence electrons. The lowest BCUT2D eigenvalue weighted by molar-refractivity contribution is 0.932. The summed E-state index contributed by atoms with van der Waals surface area (Å²) in [7, 11) is 0. The third kappa shape index (κ3) is 2.87. The lowest BCUT2D eigenvalue weighted by atomic mass is 10.4. The van der Waals surface area contributed by atoms with E-state index in [0.717, 1.165) is 37.0 Å². The van der Waals surface area contributed by atoms with E-state index in [1.807, 2.05) is 6.07 Å². The van der Waals surface area contributed by atoms with Crippen molar-refractivity contribution in [1.82, 2.24) is 9.97 Å². The summed E-state index contributed by atoms with van der Waals surface area (Å²) >= 11 is 0. The van der Waals surface area contributed by atoms with E-state index in [-0.39, 0.29) is 0 Å². The number of aromatic nitrogens is 2. The van der Waals surface area contributed by atoms with Crippen LogP contribution in [0.4, 0.5) is 11.6 Å². The van der Waals surface area contributed by atoms with Gasteiger partial charge in [-0.15, -0.1) is 0 Å². The van der Waals surface area contributed by atoms with E-state index >= 15 is 0 Å². The molecule has 1 aromatic rings. The summed E-state index contributed by atoms with van der Waals surface area (Å²) in [4.78, 5) is 8.72. The Morgan fingerprint density at radius 3 is 1.86 bits per heavy atom. The summed E-state index contributed by atoms with van der Waals surface area (Å²) in [5, 5.41) is 6.38. The van der Waals surface area contributed by atoms with Crippen molar-refractivity contribution < 1.29 is 0 Å². The van der Waals surface area contributed by atoms with Gasteiger partial charge in [0, 0.05) is 25.6 Å². The van der Waals surface area contributed by atoms with Crippen LogP contribution in [0.3, 0.4) is 0 Å². The standard InChI is InChI=1S/C10H18N4/c1-4-8-13-9(11-5-2)7-10(14-8)12-6-3/h7H,4-6H2,1-3H3,(H2,11,12,13,14). The van der Waals surface area contributed by atoms with E-state index in [4.69, 9.17) is 0 Å². The van der Waals surface area contributed by atoms with Gasteiger partial charge in [0.25, 0.3) is 0 Å². The Kier molecular flexibility index (Phi) is 4.16. The van der Waals surface area contributed by atoms with Gasteiger partial charge in [-0.05, 0) is 13.8 Å². The molecular formula is C10H18N4. The first-order chi connectivity index (χ1) is 6.80. The molecule has 0 unspecified atom stereocenters. The van der Waals surface area contributed by atoms with Crippen LogP contribution in [0.2, 0.25) is 0 Å². The van der Waals surface area contributed by atoms with Crippen LogP contribution in [0.25, 0.3) is 0 Å². The van der Waals surface area contributed by atoms with Crippen molar-refractivity contribution in [3.05, 3.63) is 11.9 Å². The molecule has 14 heavy (non-hydrogen) atoms. The lowest BCUT2D eigenvalue weighted by Gasteiger charge is -2.08. The minimum Gasteiger partial charge on any atom is -0.370 e. The zero-order chi connectivity index (χ0) is 10.4. The predicted molar refractivity (Wildman–Crippen MR) is 59.7 cm³/mol. The van der Waals surface area contributed by atoms with E-state index in [1.54, 1.807) is 0 Å². The van der Waals surface area contributed by atoms with Crippen LogP contribution in [0.5, 0.6) is 0 Å². The average molecular weight is 194 g/mol. The van der Waals surface area contributed by atoms with Gasteiger partial charge in [0.05, 0.1) is 0 Å². The fourth-order valence-electron chi connectivity index (χ4n) is 1.20. The third-order valence-electron chi connectivity index (χ3n) is 1.80. The maximum atomic E-state index is 4.36. The van der Waals surface area contributed by atoms with Gasteiger partial charge in [-0.3, -0.25) is 0 Å². The molecule has 0 amide bonds. The van der Waals surface area contributed by atoms with Crippen molar-refractivity contribution in [1.29, 1.82) is 0 Å². The van der Waals surface area contributed by atoms with Crippen molar-refractivity contribution in [3.8, 4) is 0 Å². The summed E-state index contributed by atoms with van der Waals surface area (Å²) in [5.41, 5.74) is 0. The van der Waals surface area contributed by atoms with E-state index in [9.17, 15) is 0 Å². The van der Waals surface area contributed by atoms with Gasteiger partial charge in [0.1, 0.15) is 17.5 Å². The first-order valence-corrected chi connectivity index (χ1v) is 5.15. The summed E-state index contributed by atoms with van der Waals surface area (Å²) in [6.07, 6.45) is 0.859. The van der Waals surface area contributed by atoms with E-state index in [1.165, 1.54) is 0 Å². The van der Waals surface area contributed by atoms with Crippen molar-refractivity contribution in [2.75, 3.05) is 23.7 Å². The summed E-state index contributed by atoms with van der Waals surface area (Å²) in [5.74, 6) is 2.67. The van der Waals surface area contributed by atoms with E-state index in [0.29, 0.717) is 0 Å². The second kappa shape index (κ2) is 5.42. The Morgan fingerprint density at radius 1 is 1.00 bits per heavy atom. The molecule has 0 bridgehead atoms. The number of nitrogens with zero attached hydrogens (tertiary/aromatic N) is 2. The second-order valence-electron chi connectivity index (χ2n) is 2.97. The fourth-order valence-corrected chi connectivity index (χ4v) is 1.20. The molecule has 2 N–H and O–H groups in total. The monoisotopic (exact) mass is 194 g/mol. The number of hydrogen-bond donors (Lipinski definition) is 2. The smallest absolute Gasteiger partial charge is 0.132 e. The Balaban J connectivity index is 2.88. The molecule has 4 heteroatoms. The molecular weight excluding hydrogens is 176 g/mol. The molecule has 1 aromatic heterocycles. The Hall–Kier alpha value is -1.32. The highest BCUT2D eigenvalue weighted by Crippen LogP contribution is 2.11. The predicted octanol–water partition coefficient (Wildman–Crippen LogP) is 1.90. The van der Waals surface area contributed by atoms with Crippen LogP contribution in [0.1, 0.15) is 26.6 Å². The largest absolute Gasteiger partial charge is 0.370 e. The maximum Gasteiger partial charge on any atom is 0.132 e. The van der Waals surface area contributed by atoms with Gasteiger partial charge in [0.2, 0.25) is 0 Å². The number of nitrogens with one attached hydrogen (secondary N) is 2. The summed E-state index contributed by atoms with van der Waals surface area (Å²) < 4.78 is 0. The van der Waals surface area contributed by atoms with E-state index < -0.39 is 0 Å². The molecule has 0 fully saturated rings. The van der Waals surface area contributed by atoms with E-state index in [2.05, 4.69) is 41.4 Å². The molecule has 0 atom stereocenters. The van der Waals surface area contributed by atoms with Gasteiger partial charge in [0.15, 0.2) is 0 Å². The third-order valence-corrected chi connectivity index (χ3v) is 1.80. The number of hydrogen-bond acceptors (Lipinski definition) is 4. The first-order valence-electron chi connectivity index (χ1n) is 5.15. The Morgan fingerprint density at radius 2 is 1.50 bits per heavy atom. The fraction of sp³-hybridized carbons (Fsp3) is 0.600. The molecule has 0 aromatic carbocycles. The Labute approximate surface area is 85.2 Å². The van der Waals surface area contributed by atoms with Crippen LogP contribution in [0, 0.1) is 0 Å². The Bertz CT molecular complexity index is 261. The van der Waals surface area contributed by atoms with Gasteiger partial charge in [-0.2, -0.15) is 0 Å². The summed E-state index contributed by atoms with van der Waals surface area (Å²) in [6.45, 7) is 7.93. The van der Waals surface area contributed by atoms with Crippen LogP contribution >= 0.6 is 0 Å². The van der Waals surface area contributed by atoms with Crippen molar-refractivity contribution >= 4 is 11.6 Å². The van der Waals surface area contributed by atoms with Crippen molar-refractivity contribution in [2.45, 2.75) is 27.2 Å². The highest BCUT2D eigenvalue weighted by atomic mass is 15.1. The minimum atomic E-state index is 0.859. The lowest BCUT2D eigenvalue weighted by Crippen LogP contribution is -2.07.